The van der Waals surface area contributed by atoms with Crippen LogP contribution in [0.1, 0.15) is 31.9 Å². The number of nitrogens with zero attached hydrogens (tertiary/aromatic N) is 2. The summed E-state index contributed by atoms with van der Waals surface area (Å²) in [6.07, 6.45) is 0. The van der Waals surface area contributed by atoms with E-state index < -0.39 is 29.6 Å². The number of thiophene rings is 1. The van der Waals surface area contributed by atoms with E-state index in [0.29, 0.717) is 28.2 Å². The molecule has 2 heterocycles. The lowest BCUT2D eigenvalue weighted by atomic mass is 10.1. The summed E-state index contributed by atoms with van der Waals surface area (Å²) in [5.41, 5.74) is 0.202. The molecule has 7 nitrogen and oxygen atoms in total. The number of esters is 1. The standard InChI is InChI=1S/C28H27BrClFN2O5S/c1-4-37-23(34)14-32-26(35)24-19(12-29)25(17-8-10-18(11-9-17)38-15-16(2)3)39-27(24)33(28(32)36)13-20-21(30)6-5-7-22(20)31/h5-11,16H,4,12-15H2,1-3H3. The molecule has 4 rings (SSSR count). The number of carbonyl (C=O) groups excluding carboxylic acids is 1. The molecular weight excluding hydrogens is 611 g/mol. The molecule has 0 bridgehead atoms. The van der Waals surface area contributed by atoms with Gasteiger partial charge < -0.3 is 9.47 Å². The van der Waals surface area contributed by atoms with Crippen LogP contribution in [0.5, 0.6) is 5.75 Å². The minimum absolute atomic E-state index is 0.0982. The van der Waals surface area contributed by atoms with Crippen LogP contribution in [0.4, 0.5) is 4.39 Å². The molecule has 2 aromatic heterocycles. The molecule has 0 amide bonds. The molecule has 0 radical (unpaired) electrons. The Morgan fingerprint density at radius 1 is 1.10 bits per heavy atom. The quantitative estimate of drug-likeness (QED) is 0.152. The molecule has 0 spiro atoms. The van der Waals surface area contributed by atoms with Crippen molar-refractivity contribution in [3.05, 3.63) is 85.3 Å². The van der Waals surface area contributed by atoms with E-state index >= 15 is 0 Å². The minimum atomic E-state index is -0.758. The average Bonchev–Trinajstić information content (AvgIpc) is 3.29. The third kappa shape index (κ3) is 6.13. The molecule has 4 aromatic rings. The number of carbonyl (C=O) groups is 1. The van der Waals surface area contributed by atoms with E-state index in [0.717, 1.165) is 20.8 Å². The predicted molar refractivity (Wildman–Crippen MR) is 156 cm³/mol. The Morgan fingerprint density at radius 3 is 2.44 bits per heavy atom. The topological polar surface area (TPSA) is 79.5 Å². The molecule has 0 N–H and O–H groups in total. The van der Waals surface area contributed by atoms with Crippen LogP contribution >= 0.6 is 38.9 Å². The number of ether oxygens (including phenoxy) is 2. The van der Waals surface area contributed by atoms with Gasteiger partial charge in [-0.15, -0.1) is 11.3 Å². The van der Waals surface area contributed by atoms with Gasteiger partial charge in [-0.2, -0.15) is 0 Å². The zero-order valence-corrected chi connectivity index (χ0v) is 24.8. The van der Waals surface area contributed by atoms with Crippen LogP contribution in [0.25, 0.3) is 20.7 Å². The monoisotopic (exact) mass is 636 g/mol. The lowest BCUT2D eigenvalue weighted by Crippen LogP contribution is -2.42. The number of benzene rings is 2. The first-order valence-electron chi connectivity index (χ1n) is 12.3. The maximum absolute atomic E-state index is 14.8. The van der Waals surface area contributed by atoms with Gasteiger partial charge >= 0.3 is 11.7 Å². The van der Waals surface area contributed by atoms with Gasteiger partial charge in [0.25, 0.3) is 5.56 Å². The third-order valence-corrected chi connectivity index (χ3v) is 8.18. The molecule has 39 heavy (non-hydrogen) atoms. The molecule has 11 heteroatoms. The normalized spacial score (nSPS) is 11.4. The first kappa shape index (κ1) is 29.0. The van der Waals surface area contributed by atoms with Crippen LogP contribution < -0.4 is 16.0 Å². The lowest BCUT2D eigenvalue weighted by molar-refractivity contribution is -0.143. The largest absolute Gasteiger partial charge is 0.493 e. The van der Waals surface area contributed by atoms with Crippen molar-refractivity contribution in [2.24, 2.45) is 5.92 Å². The highest BCUT2D eigenvalue weighted by molar-refractivity contribution is 9.08. The smallest absolute Gasteiger partial charge is 0.332 e. The van der Waals surface area contributed by atoms with E-state index in [1.54, 1.807) is 6.92 Å². The van der Waals surface area contributed by atoms with Gasteiger partial charge in [0.2, 0.25) is 0 Å². The molecule has 0 atom stereocenters. The maximum Gasteiger partial charge on any atom is 0.332 e. The van der Waals surface area contributed by atoms with E-state index in [9.17, 15) is 18.8 Å². The molecule has 0 aliphatic heterocycles. The highest BCUT2D eigenvalue weighted by Crippen LogP contribution is 2.39. The van der Waals surface area contributed by atoms with Crippen molar-refractivity contribution < 1.29 is 18.7 Å². The van der Waals surface area contributed by atoms with E-state index in [2.05, 4.69) is 29.8 Å². The van der Waals surface area contributed by atoms with Crippen molar-refractivity contribution in [2.45, 2.75) is 39.2 Å². The number of fused-ring (bicyclic) bond motifs is 1. The van der Waals surface area contributed by atoms with Gasteiger partial charge in [0.05, 0.1) is 25.1 Å². The summed E-state index contributed by atoms with van der Waals surface area (Å²) >= 11 is 11.0. The van der Waals surface area contributed by atoms with Crippen molar-refractivity contribution in [3.63, 3.8) is 0 Å². The highest BCUT2D eigenvalue weighted by Gasteiger charge is 2.24. The van der Waals surface area contributed by atoms with E-state index in [4.69, 9.17) is 21.1 Å². The van der Waals surface area contributed by atoms with E-state index in [1.165, 1.54) is 34.1 Å². The molecule has 0 aliphatic rings. The molecule has 206 valence electrons. The fourth-order valence-corrected chi connectivity index (χ4v) is 6.38. The van der Waals surface area contributed by atoms with Crippen LogP contribution in [0.15, 0.2) is 52.1 Å². The van der Waals surface area contributed by atoms with Crippen LogP contribution in [0.2, 0.25) is 5.02 Å². The number of halogens is 3. The zero-order chi connectivity index (χ0) is 28.3. The number of hydrogen-bond donors (Lipinski definition) is 0. The summed E-state index contributed by atoms with van der Waals surface area (Å²) in [6.45, 7) is 5.65. The van der Waals surface area contributed by atoms with Crippen molar-refractivity contribution in [2.75, 3.05) is 13.2 Å². The number of rotatable bonds is 10. The summed E-state index contributed by atoms with van der Waals surface area (Å²) in [5, 5.41) is 0.720. The first-order valence-corrected chi connectivity index (χ1v) is 14.6. The lowest BCUT2D eigenvalue weighted by Gasteiger charge is -2.13. The Bertz CT molecular complexity index is 1610. The first-order chi connectivity index (χ1) is 18.7. The molecular formula is C28H27BrClFN2O5S. The SMILES string of the molecule is CCOC(=O)Cn1c(=O)c2c(CBr)c(-c3ccc(OCC(C)C)cc3)sc2n(Cc2c(F)cccc2Cl)c1=O. The third-order valence-electron chi connectivity index (χ3n) is 5.96. The van der Waals surface area contributed by atoms with Crippen LogP contribution in [0, 0.1) is 11.7 Å². The summed E-state index contributed by atoms with van der Waals surface area (Å²) in [4.78, 5) is 40.7. The van der Waals surface area contributed by atoms with Crippen molar-refractivity contribution in [1.82, 2.24) is 9.13 Å². The fraction of sp³-hybridized carbons (Fsp3) is 0.321. The minimum Gasteiger partial charge on any atom is -0.493 e. The Balaban J connectivity index is 1.94. The maximum atomic E-state index is 14.8. The fourth-order valence-electron chi connectivity index (χ4n) is 4.10. The van der Waals surface area contributed by atoms with Crippen molar-refractivity contribution >= 4 is 55.1 Å². The summed E-state index contributed by atoms with van der Waals surface area (Å²) in [5.74, 6) is -0.208. The summed E-state index contributed by atoms with van der Waals surface area (Å²) in [6, 6.07) is 11.7. The average molecular weight is 638 g/mol. The van der Waals surface area contributed by atoms with Gasteiger partial charge in [0.15, 0.2) is 0 Å². The molecule has 0 unspecified atom stereocenters. The Labute approximate surface area is 241 Å². The second-order valence-corrected chi connectivity index (χ2v) is 11.2. The van der Waals surface area contributed by atoms with Crippen molar-refractivity contribution in [1.29, 1.82) is 0 Å². The summed E-state index contributed by atoms with van der Waals surface area (Å²) < 4.78 is 27.7. The van der Waals surface area contributed by atoms with Gasteiger partial charge in [-0.3, -0.25) is 14.2 Å². The van der Waals surface area contributed by atoms with E-state index in [-0.39, 0.29) is 29.1 Å². The van der Waals surface area contributed by atoms with Gasteiger partial charge in [0.1, 0.15) is 22.9 Å². The zero-order valence-electron chi connectivity index (χ0n) is 21.6. The molecule has 0 saturated heterocycles. The van der Waals surface area contributed by atoms with Crippen LogP contribution in [0.3, 0.4) is 0 Å². The molecule has 0 fully saturated rings. The molecule has 0 aliphatic carbocycles. The second-order valence-electron chi connectivity index (χ2n) is 9.22. The number of hydrogen-bond acceptors (Lipinski definition) is 6. The second kappa shape index (κ2) is 12.5. The van der Waals surface area contributed by atoms with Crippen LogP contribution in [-0.2, 0) is 28.0 Å². The molecule has 2 aromatic carbocycles. The Hall–Kier alpha value is -2.95. The van der Waals surface area contributed by atoms with Gasteiger partial charge in [-0.25, -0.2) is 13.8 Å². The van der Waals surface area contributed by atoms with E-state index in [1.807, 2.05) is 24.3 Å². The predicted octanol–water partition coefficient (Wildman–Crippen LogP) is 6.23. The summed E-state index contributed by atoms with van der Waals surface area (Å²) in [7, 11) is 0. The Kier molecular flexibility index (Phi) is 9.30. The Morgan fingerprint density at radius 2 is 1.82 bits per heavy atom. The number of aromatic nitrogens is 2. The van der Waals surface area contributed by atoms with Crippen molar-refractivity contribution in [3.8, 4) is 16.2 Å². The van der Waals surface area contributed by atoms with Gasteiger partial charge in [0, 0.05) is 20.8 Å². The van der Waals surface area contributed by atoms with Gasteiger partial charge in [-0.05, 0) is 60.4 Å². The highest BCUT2D eigenvalue weighted by atomic mass is 79.9. The number of alkyl halides is 1. The van der Waals surface area contributed by atoms with Crippen LogP contribution in [-0.4, -0.2) is 28.3 Å². The molecule has 0 saturated carbocycles. The van der Waals surface area contributed by atoms with Gasteiger partial charge in [-0.1, -0.05) is 47.4 Å².